The number of hydrogen-bond donors (Lipinski definition) is 1. The average molecular weight is 383 g/mol. The minimum Gasteiger partial charge on any atom is -0.440 e. The van der Waals surface area contributed by atoms with E-state index in [-0.39, 0.29) is 11.8 Å². The second-order valence-corrected chi connectivity index (χ2v) is 8.35. The summed E-state index contributed by atoms with van der Waals surface area (Å²) in [7, 11) is 0. The van der Waals surface area contributed by atoms with Gasteiger partial charge in [-0.15, -0.1) is 0 Å². The molecule has 0 spiro atoms. The van der Waals surface area contributed by atoms with E-state index in [0.29, 0.717) is 11.5 Å². The second-order valence-electron chi connectivity index (χ2n) is 8.35. The fourth-order valence-electron chi connectivity index (χ4n) is 4.37. The molecule has 3 nitrogen and oxygen atoms in total. The molecule has 1 atom stereocenters. The molecule has 1 heterocycles. The molecule has 3 heteroatoms. The molecule has 0 saturated carbocycles. The van der Waals surface area contributed by atoms with Crippen molar-refractivity contribution in [2.75, 3.05) is 0 Å². The molecule has 0 saturated heterocycles. The summed E-state index contributed by atoms with van der Waals surface area (Å²) in [6.45, 7) is 10.8. The Balaban J connectivity index is 2.03. The van der Waals surface area contributed by atoms with E-state index in [2.05, 4.69) is 71.0 Å². The maximum atomic E-state index is 9.93. The van der Waals surface area contributed by atoms with Crippen molar-refractivity contribution in [1.29, 1.82) is 5.26 Å². The van der Waals surface area contributed by atoms with Crippen LogP contribution in [0.25, 0.3) is 11.1 Å². The van der Waals surface area contributed by atoms with E-state index in [0.717, 1.165) is 22.4 Å². The number of nitrogens with two attached hydrogens (primary N) is 1. The van der Waals surface area contributed by atoms with Crippen molar-refractivity contribution < 1.29 is 4.74 Å². The van der Waals surface area contributed by atoms with Crippen molar-refractivity contribution in [2.24, 2.45) is 5.73 Å². The molecular weight excluding hydrogens is 356 g/mol. The minimum absolute atomic E-state index is 0.196. The fourth-order valence-corrected chi connectivity index (χ4v) is 4.37. The number of nitrogens with zero attached hydrogens (tertiary/aromatic N) is 1. The van der Waals surface area contributed by atoms with E-state index in [1.165, 1.54) is 27.8 Å². The van der Waals surface area contributed by atoms with Crippen LogP contribution in [0.4, 0.5) is 0 Å². The molecule has 1 aliphatic heterocycles. The molecule has 1 unspecified atom stereocenters. The number of nitriles is 1. The summed E-state index contributed by atoms with van der Waals surface area (Å²) in [5.74, 6) is 1.13. The molecule has 2 aliphatic carbocycles. The molecule has 1 aromatic rings. The number of benzene rings is 1. The first kappa shape index (κ1) is 19.1. The summed E-state index contributed by atoms with van der Waals surface area (Å²) in [6.07, 6.45) is 0. The van der Waals surface area contributed by atoms with Gasteiger partial charge in [0.2, 0.25) is 5.88 Å². The lowest BCUT2D eigenvalue weighted by molar-refractivity contribution is 0.393. The highest BCUT2D eigenvalue weighted by atomic mass is 16.5. The van der Waals surface area contributed by atoms with E-state index in [4.69, 9.17) is 10.5 Å². The second kappa shape index (κ2) is 6.97. The molecule has 0 fully saturated rings. The van der Waals surface area contributed by atoms with Crippen molar-refractivity contribution in [3.05, 3.63) is 87.3 Å². The third-order valence-electron chi connectivity index (χ3n) is 5.93. The number of rotatable bonds is 2. The number of aryl methyl sites for hydroxylation is 3. The summed E-state index contributed by atoms with van der Waals surface area (Å²) >= 11 is 0. The lowest BCUT2D eigenvalue weighted by atomic mass is 9.81. The Labute approximate surface area is 172 Å². The Hall–Kier alpha value is -3.25. The van der Waals surface area contributed by atoms with Gasteiger partial charge in [-0.1, -0.05) is 55.8 Å². The molecule has 4 rings (SSSR count). The predicted molar refractivity (Wildman–Crippen MR) is 117 cm³/mol. The molecule has 29 heavy (non-hydrogen) atoms. The highest BCUT2D eigenvalue weighted by Crippen LogP contribution is 2.48. The van der Waals surface area contributed by atoms with Crippen LogP contribution in [-0.4, -0.2) is 0 Å². The lowest BCUT2D eigenvalue weighted by Gasteiger charge is -2.27. The SMILES string of the molecule is Cc1ccc2c(c1)C(c1cc(C)c3cc(C(C)C)ccc(C)c1-3)C(C#N)=C(N)O2. The van der Waals surface area contributed by atoms with Gasteiger partial charge in [-0.2, -0.15) is 5.26 Å². The van der Waals surface area contributed by atoms with Crippen LogP contribution < -0.4 is 10.5 Å². The molecule has 0 aromatic heterocycles. The average Bonchev–Trinajstić information content (AvgIpc) is 2.87. The van der Waals surface area contributed by atoms with Gasteiger partial charge >= 0.3 is 0 Å². The summed E-state index contributed by atoms with van der Waals surface area (Å²) in [5, 5.41) is 9.93. The number of allylic oxidation sites excluding steroid dienone is 1. The molecule has 0 bridgehead atoms. The topological polar surface area (TPSA) is 59.0 Å². The lowest BCUT2D eigenvalue weighted by Crippen LogP contribution is -2.21. The standard InChI is InChI=1S/C26H26N2O/c1-14(2)18-8-7-16(4)24-19(12-18)17(5)11-21(24)25-20-10-15(3)6-9-23(20)29-26(28)22(25)13-27/h6-12,14,25H,28H2,1-5H3. The smallest absolute Gasteiger partial charge is 0.205 e. The maximum Gasteiger partial charge on any atom is 0.205 e. The predicted octanol–water partition coefficient (Wildman–Crippen LogP) is 6.06. The van der Waals surface area contributed by atoms with Crippen LogP contribution >= 0.6 is 0 Å². The highest BCUT2D eigenvalue weighted by Gasteiger charge is 2.34. The number of hydrogen-bond acceptors (Lipinski definition) is 3. The van der Waals surface area contributed by atoms with E-state index >= 15 is 0 Å². The van der Waals surface area contributed by atoms with Crippen LogP contribution in [0.2, 0.25) is 0 Å². The van der Waals surface area contributed by atoms with Gasteiger partial charge in [0, 0.05) is 5.56 Å². The van der Waals surface area contributed by atoms with Crippen LogP contribution in [0.1, 0.15) is 59.1 Å². The molecule has 146 valence electrons. The van der Waals surface area contributed by atoms with E-state index < -0.39 is 0 Å². The Morgan fingerprint density at radius 3 is 2.41 bits per heavy atom. The summed E-state index contributed by atoms with van der Waals surface area (Å²) in [5.41, 5.74) is 16.1. The minimum atomic E-state index is -0.233. The van der Waals surface area contributed by atoms with Gasteiger partial charge in [-0.25, -0.2) is 0 Å². The van der Waals surface area contributed by atoms with E-state index in [1.54, 1.807) is 0 Å². The van der Waals surface area contributed by atoms with Crippen molar-refractivity contribution in [1.82, 2.24) is 0 Å². The van der Waals surface area contributed by atoms with Crippen molar-refractivity contribution in [3.63, 3.8) is 0 Å². The fraction of sp³-hybridized carbons (Fsp3) is 0.269. The normalized spacial score (nSPS) is 16.0. The Bertz CT molecular complexity index is 1160. The first-order chi connectivity index (χ1) is 13.8. The molecule has 0 amide bonds. The third-order valence-corrected chi connectivity index (χ3v) is 5.93. The zero-order chi connectivity index (χ0) is 20.9. The van der Waals surface area contributed by atoms with Gasteiger partial charge in [-0.05, 0) is 66.1 Å². The Morgan fingerprint density at radius 2 is 1.72 bits per heavy atom. The first-order valence-corrected chi connectivity index (χ1v) is 10.0. The van der Waals surface area contributed by atoms with E-state index in [1.807, 2.05) is 12.1 Å². The van der Waals surface area contributed by atoms with Gasteiger partial charge in [0.15, 0.2) is 0 Å². The third kappa shape index (κ3) is 3.06. The number of fused-ring (bicyclic) bond motifs is 2. The molecule has 1 aromatic carbocycles. The van der Waals surface area contributed by atoms with Crippen molar-refractivity contribution >= 4 is 0 Å². The van der Waals surface area contributed by atoms with Crippen LogP contribution in [0.5, 0.6) is 5.75 Å². The van der Waals surface area contributed by atoms with Gasteiger partial charge < -0.3 is 10.5 Å². The largest absolute Gasteiger partial charge is 0.440 e. The zero-order valence-corrected chi connectivity index (χ0v) is 17.6. The van der Waals surface area contributed by atoms with Gasteiger partial charge in [-0.3, -0.25) is 0 Å². The van der Waals surface area contributed by atoms with Crippen LogP contribution in [-0.2, 0) is 0 Å². The highest BCUT2D eigenvalue weighted by molar-refractivity contribution is 5.81. The Morgan fingerprint density at radius 1 is 0.966 bits per heavy atom. The molecule has 2 N–H and O–H groups in total. The monoisotopic (exact) mass is 382 g/mol. The molecular formula is C26H26N2O. The summed E-state index contributed by atoms with van der Waals surface area (Å²) in [6, 6.07) is 17.3. The maximum absolute atomic E-state index is 9.93. The zero-order valence-electron chi connectivity index (χ0n) is 17.6. The van der Waals surface area contributed by atoms with Crippen LogP contribution in [0.3, 0.4) is 0 Å². The quantitative estimate of drug-likeness (QED) is 0.586. The van der Waals surface area contributed by atoms with Gasteiger partial charge in [0.25, 0.3) is 0 Å². The van der Waals surface area contributed by atoms with E-state index in [9.17, 15) is 5.26 Å². The van der Waals surface area contributed by atoms with Crippen LogP contribution in [0.15, 0.2) is 53.9 Å². The summed E-state index contributed by atoms with van der Waals surface area (Å²) in [4.78, 5) is 0. The van der Waals surface area contributed by atoms with Crippen LogP contribution in [0, 0.1) is 32.1 Å². The molecule has 0 radical (unpaired) electrons. The van der Waals surface area contributed by atoms with Gasteiger partial charge in [0.05, 0.1) is 5.92 Å². The Kier molecular flexibility index (Phi) is 4.59. The first-order valence-electron chi connectivity index (χ1n) is 10.0. The molecule has 3 aliphatic rings. The van der Waals surface area contributed by atoms with Gasteiger partial charge in [0.1, 0.15) is 17.4 Å². The summed E-state index contributed by atoms with van der Waals surface area (Å²) < 4.78 is 5.80. The van der Waals surface area contributed by atoms with Crippen molar-refractivity contribution in [2.45, 2.75) is 46.5 Å². The van der Waals surface area contributed by atoms with Crippen molar-refractivity contribution in [3.8, 4) is 22.9 Å². The number of ether oxygens (including phenoxy) is 1.